The maximum atomic E-state index is 14.7. The summed E-state index contributed by atoms with van der Waals surface area (Å²) in [5.41, 5.74) is 8.39. The third-order valence-corrected chi connectivity index (χ3v) is 5.01. The molecule has 0 radical (unpaired) electrons. The van der Waals surface area contributed by atoms with E-state index in [1.54, 1.807) is 4.90 Å². The van der Waals surface area contributed by atoms with Crippen molar-refractivity contribution in [1.29, 1.82) is 0 Å². The molecule has 2 aromatic heterocycles. The number of benzene rings is 1. The first-order chi connectivity index (χ1) is 16.0. The second-order valence-corrected chi connectivity index (χ2v) is 7.40. The SMILES string of the molecule is NC1CCN(c2nc3c(cc2F)c(=O)c(C(=O)O)cn3-c2ccc(F)cc2F)C1.NCC(=O)O. The monoisotopic (exact) mass is 479 g/mol. The van der Waals surface area contributed by atoms with E-state index in [1.165, 1.54) is 0 Å². The van der Waals surface area contributed by atoms with E-state index in [9.17, 15) is 32.7 Å². The van der Waals surface area contributed by atoms with Crippen LogP contribution in [0, 0.1) is 17.5 Å². The summed E-state index contributed by atoms with van der Waals surface area (Å²) < 4.78 is 43.5. The number of hydrogen-bond acceptors (Lipinski definition) is 7. The van der Waals surface area contributed by atoms with Crippen molar-refractivity contribution in [1.82, 2.24) is 9.55 Å². The maximum absolute atomic E-state index is 14.7. The average molecular weight is 479 g/mol. The van der Waals surface area contributed by atoms with E-state index in [1.807, 2.05) is 0 Å². The zero-order valence-corrected chi connectivity index (χ0v) is 17.5. The summed E-state index contributed by atoms with van der Waals surface area (Å²) in [4.78, 5) is 39.1. The molecule has 1 unspecified atom stereocenters. The molecule has 1 fully saturated rings. The van der Waals surface area contributed by atoms with Crippen molar-refractivity contribution in [2.24, 2.45) is 11.5 Å². The molecule has 3 heterocycles. The molecule has 1 aliphatic rings. The van der Waals surface area contributed by atoms with Crippen LogP contribution in [0.2, 0.25) is 0 Å². The van der Waals surface area contributed by atoms with Crippen LogP contribution in [0.5, 0.6) is 0 Å². The molecule has 3 aromatic rings. The lowest BCUT2D eigenvalue weighted by atomic mass is 10.1. The number of anilines is 1. The molecule has 4 rings (SSSR count). The summed E-state index contributed by atoms with van der Waals surface area (Å²) in [6.07, 6.45) is 1.52. The minimum atomic E-state index is -1.57. The molecule has 1 aliphatic heterocycles. The Morgan fingerprint density at radius 3 is 2.35 bits per heavy atom. The number of nitrogens with two attached hydrogens (primary N) is 2. The van der Waals surface area contributed by atoms with Gasteiger partial charge in [0, 0.05) is 31.4 Å². The minimum Gasteiger partial charge on any atom is -0.480 e. The van der Waals surface area contributed by atoms with Gasteiger partial charge in [0.1, 0.15) is 17.2 Å². The van der Waals surface area contributed by atoms with Crippen molar-refractivity contribution < 1.29 is 33.0 Å². The lowest BCUT2D eigenvalue weighted by Gasteiger charge is -2.19. The fourth-order valence-electron chi connectivity index (χ4n) is 3.43. The zero-order valence-electron chi connectivity index (χ0n) is 17.5. The Kier molecular flexibility index (Phi) is 7.17. The number of carboxylic acids is 2. The van der Waals surface area contributed by atoms with E-state index >= 15 is 0 Å². The van der Waals surface area contributed by atoms with Crippen molar-refractivity contribution >= 4 is 28.8 Å². The third-order valence-electron chi connectivity index (χ3n) is 5.01. The summed E-state index contributed by atoms with van der Waals surface area (Å²) in [6, 6.07) is 3.39. The van der Waals surface area contributed by atoms with Gasteiger partial charge in [-0.2, -0.15) is 0 Å². The summed E-state index contributed by atoms with van der Waals surface area (Å²) in [5, 5.41) is 16.6. The second kappa shape index (κ2) is 9.89. The summed E-state index contributed by atoms with van der Waals surface area (Å²) in [6.45, 7) is 0.511. The van der Waals surface area contributed by atoms with E-state index in [2.05, 4.69) is 10.7 Å². The molecule has 1 atom stereocenters. The quantitative estimate of drug-likeness (QED) is 0.428. The molecule has 180 valence electrons. The number of aromatic nitrogens is 2. The Balaban J connectivity index is 0.000000588. The molecule has 34 heavy (non-hydrogen) atoms. The first-order valence-corrected chi connectivity index (χ1v) is 9.90. The van der Waals surface area contributed by atoms with Crippen LogP contribution in [0.4, 0.5) is 19.0 Å². The fraction of sp³-hybridized carbons (Fsp3) is 0.238. The van der Waals surface area contributed by atoms with Gasteiger partial charge in [0.05, 0.1) is 17.6 Å². The highest BCUT2D eigenvalue weighted by molar-refractivity contribution is 5.92. The van der Waals surface area contributed by atoms with E-state index in [0.29, 0.717) is 25.6 Å². The van der Waals surface area contributed by atoms with Gasteiger partial charge in [0.15, 0.2) is 17.3 Å². The molecule has 0 aliphatic carbocycles. The number of pyridine rings is 2. The second-order valence-electron chi connectivity index (χ2n) is 7.40. The highest BCUT2D eigenvalue weighted by atomic mass is 19.1. The van der Waals surface area contributed by atoms with Crippen molar-refractivity contribution in [3.8, 4) is 5.69 Å². The van der Waals surface area contributed by atoms with Gasteiger partial charge >= 0.3 is 11.9 Å². The van der Waals surface area contributed by atoms with Crippen LogP contribution in [0.1, 0.15) is 16.8 Å². The molecular weight excluding hydrogens is 459 g/mol. The first kappa shape index (κ1) is 24.7. The third kappa shape index (κ3) is 5.00. The molecule has 0 amide bonds. The smallest absolute Gasteiger partial charge is 0.341 e. The molecular formula is C21H20F3N5O5. The Hall–Kier alpha value is -3.97. The summed E-state index contributed by atoms with van der Waals surface area (Å²) in [5.74, 6) is -5.27. The van der Waals surface area contributed by atoms with Gasteiger partial charge < -0.3 is 26.6 Å². The molecule has 13 heteroatoms. The molecule has 6 N–H and O–H groups in total. The average Bonchev–Trinajstić information content (AvgIpc) is 3.20. The number of nitrogens with zero attached hydrogens (tertiary/aromatic N) is 3. The van der Waals surface area contributed by atoms with Gasteiger partial charge in [-0.3, -0.25) is 14.2 Å². The largest absolute Gasteiger partial charge is 0.480 e. The Morgan fingerprint density at radius 1 is 1.15 bits per heavy atom. The highest BCUT2D eigenvalue weighted by Crippen LogP contribution is 2.26. The minimum absolute atomic E-state index is 0.0794. The number of carboxylic acid groups (broad SMARTS) is 2. The molecule has 10 nitrogen and oxygen atoms in total. The van der Waals surface area contributed by atoms with Gasteiger partial charge in [0.2, 0.25) is 5.43 Å². The van der Waals surface area contributed by atoms with Crippen molar-refractivity contribution in [2.75, 3.05) is 24.5 Å². The lowest BCUT2D eigenvalue weighted by Crippen LogP contribution is -2.28. The van der Waals surface area contributed by atoms with Crippen LogP contribution in [0.25, 0.3) is 16.7 Å². The van der Waals surface area contributed by atoms with Gasteiger partial charge in [-0.15, -0.1) is 0 Å². The van der Waals surface area contributed by atoms with Crippen LogP contribution in [-0.4, -0.2) is 57.4 Å². The number of hydrogen-bond donors (Lipinski definition) is 4. The normalized spacial score (nSPS) is 15.2. The van der Waals surface area contributed by atoms with Crippen LogP contribution in [0.3, 0.4) is 0 Å². The predicted octanol–water partition coefficient (Wildman–Crippen LogP) is 1.07. The first-order valence-electron chi connectivity index (χ1n) is 9.90. The van der Waals surface area contributed by atoms with E-state index in [4.69, 9.17) is 10.8 Å². The van der Waals surface area contributed by atoms with E-state index in [-0.39, 0.29) is 35.1 Å². The van der Waals surface area contributed by atoms with Crippen LogP contribution >= 0.6 is 0 Å². The maximum Gasteiger partial charge on any atom is 0.341 e. The Morgan fingerprint density at radius 2 is 1.82 bits per heavy atom. The zero-order chi connectivity index (χ0) is 25.2. The van der Waals surface area contributed by atoms with Gasteiger partial charge in [-0.05, 0) is 24.6 Å². The highest BCUT2D eigenvalue weighted by Gasteiger charge is 2.26. The molecule has 1 saturated heterocycles. The Labute approximate surface area is 189 Å². The Bertz CT molecular complexity index is 1330. The van der Waals surface area contributed by atoms with E-state index in [0.717, 1.165) is 29.0 Å². The standard InChI is InChI=1S/C19H15F3N4O3.C2H5NO2/c20-9-1-2-15(13(21)5-9)26-8-12(19(28)29)16(27)11-6-14(22)18(24-17(11)26)25-4-3-10(23)7-25;3-1-2(4)5/h1-2,5-6,8,10H,3-4,7,23H2,(H,28,29);1,3H2,(H,4,5). The van der Waals surface area contributed by atoms with Crippen LogP contribution in [-0.2, 0) is 4.79 Å². The van der Waals surface area contributed by atoms with Crippen molar-refractivity contribution in [3.63, 3.8) is 0 Å². The topological polar surface area (TPSA) is 165 Å². The lowest BCUT2D eigenvalue weighted by molar-refractivity contribution is -0.135. The molecule has 0 saturated carbocycles. The number of aliphatic carboxylic acids is 1. The number of carbonyl (C=O) groups is 2. The number of aromatic carboxylic acids is 1. The van der Waals surface area contributed by atoms with E-state index < -0.39 is 40.4 Å². The summed E-state index contributed by atoms with van der Waals surface area (Å²) >= 11 is 0. The van der Waals surface area contributed by atoms with Crippen molar-refractivity contribution in [2.45, 2.75) is 12.5 Å². The van der Waals surface area contributed by atoms with Crippen molar-refractivity contribution in [3.05, 3.63) is 63.7 Å². The molecule has 1 aromatic carbocycles. The number of halogens is 3. The fourth-order valence-corrected chi connectivity index (χ4v) is 3.43. The van der Waals surface area contributed by atoms with Gasteiger partial charge in [0.25, 0.3) is 0 Å². The van der Waals surface area contributed by atoms with Crippen LogP contribution in [0.15, 0.2) is 35.3 Å². The van der Waals surface area contributed by atoms with Crippen LogP contribution < -0.4 is 21.8 Å². The molecule has 0 spiro atoms. The van der Waals surface area contributed by atoms with Gasteiger partial charge in [-0.1, -0.05) is 0 Å². The predicted molar refractivity (Wildman–Crippen MR) is 116 cm³/mol. The number of rotatable bonds is 4. The summed E-state index contributed by atoms with van der Waals surface area (Å²) in [7, 11) is 0. The number of fused-ring (bicyclic) bond motifs is 1. The van der Waals surface area contributed by atoms with Gasteiger partial charge in [-0.25, -0.2) is 22.9 Å². The molecule has 0 bridgehead atoms.